The fourth-order valence-corrected chi connectivity index (χ4v) is 1.34. The summed E-state index contributed by atoms with van der Waals surface area (Å²) < 4.78 is 32.0. The Bertz CT molecular complexity index is 423. The van der Waals surface area contributed by atoms with Crippen molar-refractivity contribution >= 4 is 5.97 Å². The van der Waals surface area contributed by atoms with Gasteiger partial charge in [-0.15, -0.1) is 0 Å². The molecule has 17 heavy (non-hydrogen) atoms. The fourth-order valence-electron chi connectivity index (χ4n) is 1.34. The maximum absolute atomic E-state index is 13.7. The van der Waals surface area contributed by atoms with E-state index in [0.29, 0.717) is 0 Å². The normalized spacial score (nSPS) is 12.2. The third kappa shape index (κ3) is 3.13. The van der Waals surface area contributed by atoms with E-state index in [1.54, 1.807) is 6.92 Å². The number of rotatable bonds is 5. The van der Waals surface area contributed by atoms with E-state index in [1.165, 1.54) is 0 Å². The van der Waals surface area contributed by atoms with E-state index in [2.05, 4.69) is 0 Å². The molecular formula is C11H13F2NO3. The maximum atomic E-state index is 13.7. The first-order chi connectivity index (χ1) is 7.97. The quantitative estimate of drug-likeness (QED) is 0.820. The van der Waals surface area contributed by atoms with Crippen molar-refractivity contribution in [1.82, 2.24) is 0 Å². The lowest BCUT2D eigenvalue weighted by molar-refractivity contribution is -0.138. The van der Waals surface area contributed by atoms with Gasteiger partial charge in [0.05, 0.1) is 6.61 Å². The molecule has 0 fully saturated rings. The molecular weight excluding hydrogens is 232 g/mol. The van der Waals surface area contributed by atoms with Crippen molar-refractivity contribution in [3.05, 3.63) is 29.3 Å². The van der Waals surface area contributed by atoms with Crippen LogP contribution in [-0.4, -0.2) is 23.7 Å². The fraction of sp³-hybridized carbons (Fsp3) is 0.364. The van der Waals surface area contributed by atoms with Crippen molar-refractivity contribution in [2.75, 3.05) is 6.61 Å². The number of halogens is 2. The summed E-state index contributed by atoms with van der Waals surface area (Å²) in [6.07, 6.45) is -0.423. The number of carboxylic acid groups (broad SMARTS) is 1. The van der Waals surface area contributed by atoms with E-state index in [1.807, 2.05) is 0 Å². The van der Waals surface area contributed by atoms with Gasteiger partial charge in [-0.25, -0.2) is 8.78 Å². The zero-order valence-corrected chi connectivity index (χ0v) is 9.24. The van der Waals surface area contributed by atoms with Gasteiger partial charge in [0.15, 0.2) is 11.6 Å². The molecule has 4 nitrogen and oxygen atoms in total. The van der Waals surface area contributed by atoms with Crippen LogP contribution in [0.15, 0.2) is 12.1 Å². The van der Waals surface area contributed by atoms with Crippen molar-refractivity contribution in [3.63, 3.8) is 0 Å². The lowest BCUT2D eigenvalue weighted by Gasteiger charge is -2.11. The number of nitrogens with two attached hydrogens (primary N) is 1. The van der Waals surface area contributed by atoms with Gasteiger partial charge in [0.25, 0.3) is 0 Å². The van der Waals surface area contributed by atoms with Gasteiger partial charge in [0.2, 0.25) is 0 Å². The van der Waals surface area contributed by atoms with Crippen molar-refractivity contribution < 1.29 is 23.4 Å². The summed E-state index contributed by atoms with van der Waals surface area (Å²) >= 11 is 0. The van der Waals surface area contributed by atoms with Crippen LogP contribution in [0.1, 0.15) is 12.5 Å². The number of hydrogen-bond donors (Lipinski definition) is 2. The minimum atomic E-state index is -1.35. The minimum Gasteiger partial charge on any atom is -0.491 e. The van der Waals surface area contributed by atoms with E-state index >= 15 is 0 Å². The zero-order chi connectivity index (χ0) is 13.0. The molecule has 0 aliphatic carbocycles. The Morgan fingerprint density at radius 1 is 1.53 bits per heavy atom. The van der Waals surface area contributed by atoms with Crippen LogP contribution in [0, 0.1) is 11.6 Å². The smallest absolute Gasteiger partial charge is 0.320 e. The van der Waals surface area contributed by atoms with Crippen LogP contribution >= 0.6 is 0 Å². The van der Waals surface area contributed by atoms with Crippen molar-refractivity contribution in [2.24, 2.45) is 5.73 Å². The highest BCUT2D eigenvalue weighted by atomic mass is 19.1. The van der Waals surface area contributed by atoms with Crippen LogP contribution in [0.3, 0.4) is 0 Å². The molecule has 3 N–H and O–H groups in total. The topological polar surface area (TPSA) is 72.5 Å². The number of carbonyl (C=O) groups is 1. The second-order valence-corrected chi connectivity index (χ2v) is 3.42. The summed E-state index contributed by atoms with van der Waals surface area (Å²) in [7, 11) is 0. The molecule has 0 heterocycles. The monoisotopic (exact) mass is 245 g/mol. The average molecular weight is 245 g/mol. The Morgan fingerprint density at radius 3 is 2.71 bits per heavy atom. The van der Waals surface area contributed by atoms with E-state index < -0.39 is 30.1 Å². The first kappa shape index (κ1) is 13.4. The van der Waals surface area contributed by atoms with Crippen LogP contribution in [-0.2, 0) is 11.2 Å². The Balaban J connectivity index is 3.04. The Kier molecular flexibility index (Phi) is 4.39. The molecule has 6 heteroatoms. The Morgan fingerprint density at radius 2 is 2.18 bits per heavy atom. The molecule has 0 aromatic heterocycles. The van der Waals surface area contributed by atoms with Crippen LogP contribution in [0.5, 0.6) is 5.75 Å². The van der Waals surface area contributed by atoms with Gasteiger partial charge in [-0.2, -0.15) is 0 Å². The van der Waals surface area contributed by atoms with E-state index in [-0.39, 0.29) is 17.9 Å². The number of benzene rings is 1. The number of ether oxygens (including phenoxy) is 1. The van der Waals surface area contributed by atoms with Gasteiger partial charge in [0, 0.05) is 12.0 Å². The molecule has 1 aromatic rings. The van der Waals surface area contributed by atoms with Crippen LogP contribution in [0.4, 0.5) is 8.78 Å². The van der Waals surface area contributed by atoms with Gasteiger partial charge < -0.3 is 15.6 Å². The second kappa shape index (κ2) is 5.58. The average Bonchev–Trinajstić information content (AvgIpc) is 2.28. The molecule has 0 saturated carbocycles. The summed E-state index contributed by atoms with van der Waals surface area (Å²) in [6, 6.07) is 0.831. The molecule has 94 valence electrons. The first-order valence-corrected chi connectivity index (χ1v) is 5.05. The number of carboxylic acids is 1. The van der Waals surface area contributed by atoms with Gasteiger partial charge in [-0.05, 0) is 19.1 Å². The molecule has 0 aliphatic heterocycles. The van der Waals surface area contributed by atoms with E-state index in [0.717, 1.165) is 12.1 Å². The SMILES string of the molecule is CCOc1ccc(F)c(C[C@H](N)C(=O)O)c1F. The lowest BCUT2D eigenvalue weighted by Crippen LogP contribution is -2.33. The highest BCUT2D eigenvalue weighted by Gasteiger charge is 2.20. The molecule has 1 atom stereocenters. The van der Waals surface area contributed by atoms with Crippen molar-refractivity contribution in [1.29, 1.82) is 0 Å². The van der Waals surface area contributed by atoms with Crippen LogP contribution in [0.2, 0.25) is 0 Å². The number of hydrogen-bond acceptors (Lipinski definition) is 3. The molecule has 0 unspecified atom stereocenters. The number of aliphatic carboxylic acids is 1. The van der Waals surface area contributed by atoms with Gasteiger partial charge in [0.1, 0.15) is 11.9 Å². The first-order valence-electron chi connectivity index (χ1n) is 5.05. The molecule has 0 saturated heterocycles. The maximum Gasteiger partial charge on any atom is 0.320 e. The Hall–Kier alpha value is -1.69. The van der Waals surface area contributed by atoms with Gasteiger partial charge in [-0.1, -0.05) is 0 Å². The summed E-state index contributed by atoms with van der Waals surface area (Å²) in [5.74, 6) is -3.15. The molecule has 0 radical (unpaired) electrons. The predicted molar refractivity (Wildman–Crippen MR) is 56.8 cm³/mol. The molecule has 1 aromatic carbocycles. The van der Waals surface area contributed by atoms with Crippen LogP contribution < -0.4 is 10.5 Å². The minimum absolute atomic E-state index is 0.110. The summed E-state index contributed by atoms with van der Waals surface area (Å²) in [5, 5.41) is 8.60. The standard InChI is InChI=1S/C11H13F2NO3/c1-2-17-9-4-3-7(12)6(10(9)13)5-8(14)11(15)16/h3-4,8H,2,5,14H2,1H3,(H,15,16)/t8-/m0/s1. The van der Waals surface area contributed by atoms with Crippen LogP contribution in [0.25, 0.3) is 0 Å². The Labute approximate surface area is 97.0 Å². The lowest BCUT2D eigenvalue weighted by atomic mass is 10.0. The van der Waals surface area contributed by atoms with Gasteiger partial charge in [-0.3, -0.25) is 4.79 Å². The van der Waals surface area contributed by atoms with Crippen molar-refractivity contribution in [2.45, 2.75) is 19.4 Å². The van der Waals surface area contributed by atoms with E-state index in [4.69, 9.17) is 15.6 Å². The highest BCUT2D eigenvalue weighted by Crippen LogP contribution is 2.24. The molecule has 0 spiro atoms. The summed E-state index contributed by atoms with van der Waals surface area (Å²) in [4.78, 5) is 10.5. The third-order valence-corrected chi connectivity index (χ3v) is 2.19. The molecule has 0 aliphatic rings. The third-order valence-electron chi connectivity index (χ3n) is 2.19. The zero-order valence-electron chi connectivity index (χ0n) is 9.24. The highest BCUT2D eigenvalue weighted by molar-refractivity contribution is 5.73. The predicted octanol–water partition coefficient (Wildman–Crippen LogP) is 1.32. The molecule has 1 rings (SSSR count). The summed E-state index contributed by atoms with van der Waals surface area (Å²) in [5.41, 5.74) is 4.87. The van der Waals surface area contributed by atoms with Gasteiger partial charge >= 0.3 is 5.97 Å². The summed E-state index contributed by atoms with van der Waals surface area (Å²) in [6.45, 7) is 1.89. The largest absolute Gasteiger partial charge is 0.491 e. The van der Waals surface area contributed by atoms with E-state index in [9.17, 15) is 13.6 Å². The molecule has 0 amide bonds. The van der Waals surface area contributed by atoms with Crippen molar-refractivity contribution in [3.8, 4) is 5.75 Å². The second-order valence-electron chi connectivity index (χ2n) is 3.42. The molecule has 0 bridgehead atoms.